The number of amides is 2. The predicted octanol–water partition coefficient (Wildman–Crippen LogP) is 1.63. The molecule has 1 aliphatic rings. The van der Waals surface area contributed by atoms with E-state index in [2.05, 4.69) is 15.2 Å². The lowest BCUT2D eigenvalue weighted by Gasteiger charge is -2.33. The topological polar surface area (TPSA) is 84.0 Å². The lowest BCUT2D eigenvalue weighted by atomic mass is 10.1. The molecule has 0 spiro atoms. The third-order valence-electron chi connectivity index (χ3n) is 4.47. The van der Waals surface area contributed by atoms with Crippen LogP contribution in [0, 0.1) is 0 Å². The van der Waals surface area contributed by atoms with E-state index < -0.39 is 0 Å². The molecule has 0 unspecified atom stereocenters. The van der Waals surface area contributed by atoms with Crippen molar-refractivity contribution in [3.05, 3.63) is 42.1 Å². The second-order valence-corrected chi connectivity index (χ2v) is 6.02. The Labute approximate surface area is 157 Å². The molecule has 8 heteroatoms. The van der Waals surface area contributed by atoms with E-state index in [1.807, 2.05) is 6.07 Å². The molecule has 8 nitrogen and oxygen atoms in total. The van der Waals surface area contributed by atoms with Crippen LogP contribution in [0.15, 0.2) is 36.5 Å². The lowest BCUT2D eigenvalue weighted by Crippen LogP contribution is -2.45. The van der Waals surface area contributed by atoms with Crippen LogP contribution in [-0.2, 0) is 4.79 Å². The number of pyridine rings is 1. The van der Waals surface area contributed by atoms with Gasteiger partial charge in [0.1, 0.15) is 22.9 Å². The highest BCUT2D eigenvalue weighted by molar-refractivity contribution is 6.07. The molecule has 0 saturated carbocycles. The van der Waals surface area contributed by atoms with Crippen LogP contribution in [0.5, 0.6) is 11.5 Å². The number of aromatic nitrogens is 1. The molecule has 142 valence electrons. The second kappa shape index (κ2) is 8.39. The fourth-order valence-electron chi connectivity index (χ4n) is 2.99. The zero-order valence-corrected chi connectivity index (χ0v) is 15.3. The first kappa shape index (κ1) is 18.5. The monoisotopic (exact) mass is 370 g/mol. The van der Waals surface area contributed by atoms with Gasteiger partial charge in [0, 0.05) is 26.2 Å². The number of anilines is 2. The SMILES string of the molecule is COc1cccc(OC)c1C(=O)Nc1ccc(N2CCN(C=O)CC2)cn1. The fraction of sp³-hybridized carbons (Fsp3) is 0.316. The average Bonchev–Trinajstić information content (AvgIpc) is 2.73. The van der Waals surface area contributed by atoms with Crippen molar-refractivity contribution in [1.29, 1.82) is 0 Å². The Kier molecular flexibility index (Phi) is 5.75. The van der Waals surface area contributed by atoms with E-state index in [0.29, 0.717) is 36.0 Å². The number of benzene rings is 1. The number of carbonyl (C=O) groups excluding carboxylic acids is 2. The molecular weight excluding hydrogens is 348 g/mol. The van der Waals surface area contributed by atoms with Gasteiger partial charge in [-0.25, -0.2) is 4.98 Å². The van der Waals surface area contributed by atoms with Gasteiger partial charge in [0.15, 0.2) is 0 Å². The Balaban J connectivity index is 1.70. The summed E-state index contributed by atoms with van der Waals surface area (Å²) >= 11 is 0. The molecule has 1 aromatic heterocycles. The van der Waals surface area contributed by atoms with E-state index >= 15 is 0 Å². The second-order valence-electron chi connectivity index (χ2n) is 6.02. The van der Waals surface area contributed by atoms with Crippen LogP contribution in [0.25, 0.3) is 0 Å². The van der Waals surface area contributed by atoms with E-state index in [9.17, 15) is 9.59 Å². The quantitative estimate of drug-likeness (QED) is 0.778. The van der Waals surface area contributed by atoms with E-state index in [0.717, 1.165) is 25.2 Å². The van der Waals surface area contributed by atoms with Gasteiger partial charge in [-0.15, -0.1) is 0 Å². The number of ether oxygens (including phenoxy) is 2. The van der Waals surface area contributed by atoms with Gasteiger partial charge >= 0.3 is 0 Å². The van der Waals surface area contributed by atoms with Gasteiger partial charge < -0.3 is 24.6 Å². The summed E-state index contributed by atoms with van der Waals surface area (Å²) < 4.78 is 10.5. The Morgan fingerprint density at radius 3 is 2.26 bits per heavy atom. The van der Waals surface area contributed by atoms with Crippen molar-refractivity contribution in [2.45, 2.75) is 0 Å². The molecular formula is C19H22N4O4. The van der Waals surface area contributed by atoms with Crippen molar-refractivity contribution in [1.82, 2.24) is 9.88 Å². The molecule has 0 atom stereocenters. The molecule has 1 saturated heterocycles. The molecule has 2 aromatic rings. The number of rotatable bonds is 6. The molecule has 1 fully saturated rings. The third kappa shape index (κ3) is 4.11. The molecule has 0 aliphatic carbocycles. The summed E-state index contributed by atoms with van der Waals surface area (Å²) in [5.41, 5.74) is 1.27. The Bertz CT molecular complexity index is 780. The summed E-state index contributed by atoms with van der Waals surface area (Å²) in [6.45, 7) is 2.89. The molecule has 0 bridgehead atoms. The van der Waals surface area contributed by atoms with E-state index in [4.69, 9.17) is 9.47 Å². The van der Waals surface area contributed by atoms with Crippen molar-refractivity contribution in [3.8, 4) is 11.5 Å². The van der Waals surface area contributed by atoms with Crippen LogP contribution in [0.3, 0.4) is 0 Å². The third-order valence-corrected chi connectivity index (χ3v) is 4.47. The van der Waals surface area contributed by atoms with Gasteiger partial charge in [-0.05, 0) is 24.3 Å². The lowest BCUT2D eigenvalue weighted by molar-refractivity contribution is -0.118. The van der Waals surface area contributed by atoms with Crippen molar-refractivity contribution >= 4 is 23.8 Å². The molecule has 1 N–H and O–H groups in total. The summed E-state index contributed by atoms with van der Waals surface area (Å²) in [5, 5.41) is 2.77. The molecule has 2 heterocycles. The largest absolute Gasteiger partial charge is 0.496 e. The summed E-state index contributed by atoms with van der Waals surface area (Å²) in [6.07, 6.45) is 2.59. The Hall–Kier alpha value is -3.29. The molecule has 27 heavy (non-hydrogen) atoms. The summed E-state index contributed by atoms with van der Waals surface area (Å²) in [7, 11) is 3.01. The van der Waals surface area contributed by atoms with Crippen molar-refractivity contribution in [2.24, 2.45) is 0 Å². The zero-order chi connectivity index (χ0) is 19.2. The Morgan fingerprint density at radius 2 is 1.74 bits per heavy atom. The van der Waals surface area contributed by atoms with Crippen molar-refractivity contribution in [3.63, 3.8) is 0 Å². The molecule has 1 aliphatic heterocycles. The highest BCUT2D eigenvalue weighted by Gasteiger charge is 2.19. The first-order valence-corrected chi connectivity index (χ1v) is 8.59. The summed E-state index contributed by atoms with van der Waals surface area (Å²) in [5.74, 6) is 0.931. The number of methoxy groups -OCH3 is 2. The maximum Gasteiger partial charge on any atom is 0.264 e. The van der Waals surface area contributed by atoms with E-state index in [1.165, 1.54) is 14.2 Å². The van der Waals surface area contributed by atoms with Crippen LogP contribution >= 0.6 is 0 Å². The number of piperazine rings is 1. The highest BCUT2D eigenvalue weighted by Crippen LogP contribution is 2.29. The van der Waals surface area contributed by atoms with Crippen LogP contribution in [0.1, 0.15) is 10.4 Å². The van der Waals surface area contributed by atoms with Gasteiger partial charge in [0.05, 0.1) is 26.1 Å². The zero-order valence-electron chi connectivity index (χ0n) is 15.3. The first-order chi connectivity index (χ1) is 13.2. The maximum absolute atomic E-state index is 12.7. The summed E-state index contributed by atoms with van der Waals surface area (Å²) in [4.78, 5) is 31.7. The van der Waals surface area contributed by atoms with E-state index in [-0.39, 0.29) is 5.91 Å². The first-order valence-electron chi connectivity index (χ1n) is 8.59. The van der Waals surface area contributed by atoms with E-state index in [1.54, 1.807) is 35.4 Å². The average molecular weight is 370 g/mol. The molecule has 1 aromatic carbocycles. The Morgan fingerprint density at radius 1 is 1.07 bits per heavy atom. The van der Waals surface area contributed by atoms with Gasteiger partial charge in [0.25, 0.3) is 5.91 Å². The standard InChI is InChI=1S/C19H22N4O4/c1-26-15-4-3-5-16(27-2)18(15)19(25)21-17-7-6-14(12-20-17)23-10-8-22(13-24)9-11-23/h3-7,12-13H,8-11H2,1-2H3,(H,20,21,25). The minimum Gasteiger partial charge on any atom is -0.496 e. The maximum atomic E-state index is 12.7. The van der Waals surface area contributed by atoms with Crippen LogP contribution in [-0.4, -0.2) is 62.6 Å². The number of carbonyl (C=O) groups is 2. The summed E-state index contributed by atoms with van der Waals surface area (Å²) in [6, 6.07) is 8.81. The van der Waals surface area contributed by atoms with Gasteiger partial charge in [-0.3, -0.25) is 9.59 Å². The molecule has 3 rings (SSSR count). The number of hydrogen-bond donors (Lipinski definition) is 1. The number of nitrogens with one attached hydrogen (secondary N) is 1. The normalized spacial score (nSPS) is 13.9. The number of hydrogen-bond acceptors (Lipinski definition) is 6. The van der Waals surface area contributed by atoms with Crippen LogP contribution in [0.2, 0.25) is 0 Å². The van der Waals surface area contributed by atoms with Crippen LogP contribution < -0.4 is 19.7 Å². The number of nitrogens with zero attached hydrogens (tertiary/aromatic N) is 3. The smallest absolute Gasteiger partial charge is 0.264 e. The minimum atomic E-state index is -0.357. The fourth-order valence-corrected chi connectivity index (χ4v) is 2.99. The predicted molar refractivity (Wildman–Crippen MR) is 102 cm³/mol. The van der Waals surface area contributed by atoms with Crippen LogP contribution in [0.4, 0.5) is 11.5 Å². The molecule has 0 radical (unpaired) electrons. The van der Waals surface area contributed by atoms with Gasteiger partial charge in [0.2, 0.25) is 6.41 Å². The highest BCUT2D eigenvalue weighted by atomic mass is 16.5. The molecule has 2 amide bonds. The van der Waals surface area contributed by atoms with Crippen molar-refractivity contribution < 1.29 is 19.1 Å². The van der Waals surface area contributed by atoms with Crippen molar-refractivity contribution in [2.75, 3.05) is 50.6 Å². The minimum absolute atomic E-state index is 0.318. The van der Waals surface area contributed by atoms with Gasteiger partial charge in [-0.2, -0.15) is 0 Å². The van der Waals surface area contributed by atoms with Gasteiger partial charge in [-0.1, -0.05) is 6.07 Å².